The molecular formula is C14H18N2O. The van der Waals surface area contributed by atoms with Gasteiger partial charge >= 0.3 is 0 Å². The van der Waals surface area contributed by atoms with Crippen molar-refractivity contribution in [3.8, 4) is 0 Å². The number of nitrogens with zero attached hydrogens (tertiary/aromatic N) is 1. The third kappa shape index (κ3) is 1.75. The van der Waals surface area contributed by atoms with Crippen molar-refractivity contribution in [3.05, 3.63) is 35.4 Å². The third-order valence-corrected chi connectivity index (χ3v) is 4.09. The SMILES string of the molecule is NC1(C(=O)N2CCc3ccccc3C2)CCC1. The summed E-state index contributed by atoms with van der Waals surface area (Å²) in [6, 6.07) is 8.36. The summed E-state index contributed by atoms with van der Waals surface area (Å²) < 4.78 is 0. The predicted octanol–water partition coefficient (Wildman–Crippen LogP) is 1.45. The van der Waals surface area contributed by atoms with Gasteiger partial charge in [-0.2, -0.15) is 0 Å². The van der Waals surface area contributed by atoms with E-state index in [9.17, 15) is 4.79 Å². The van der Waals surface area contributed by atoms with Crippen molar-refractivity contribution >= 4 is 5.91 Å². The molecule has 1 amide bonds. The van der Waals surface area contributed by atoms with Gasteiger partial charge in [-0.3, -0.25) is 4.79 Å². The molecule has 0 unspecified atom stereocenters. The maximum atomic E-state index is 12.3. The summed E-state index contributed by atoms with van der Waals surface area (Å²) in [6.45, 7) is 1.54. The van der Waals surface area contributed by atoms with E-state index < -0.39 is 5.54 Å². The normalized spacial score (nSPS) is 21.6. The largest absolute Gasteiger partial charge is 0.336 e. The zero-order chi connectivity index (χ0) is 11.9. The molecule has 1 saturated carbocycles. The molecule has 0 radical (unpaired) electrons. The molecule has 0 saturated heterocycles. The molecule has 0 bridgehead atoms. The Labute approximate surface area is 102 Å². The van der Waals surface area contributed by atoms with Crippen molar-refractivity contribution in [2.75, 3.05) is 6.54 Å². The van der Waals surface area contributed by atoms with Crippen LogP contribution in [0.1, 0.15) is 30.4 Å². The number of amides is 1. The second kappa shape index (κ2) is 3.84. The van der Waals surface area contributed by atoms with Crippen LogP contribution in [0.25, 0.3) is 0 Å². The van der Waals surface area contributed by atoms with Crippen LogP contribution in [0.5, 0.6) is 0 Å². The Morgan fingerprint density at radius 2 is 1.94 bits per heavy atom. The molecule has 3 nitrogen and oxygen atoms in total. The molecule has 17 heavy (non-hydrogen) atoms. The van der Waals surface area contributed by atoms with Gasteiger partial charge in [-0.15, -0.1) is 0 Å². The Bertz CT molecular complexity index is 451. The van der Waals surface area contributed by atoms with E-state index in [0.29, 0.717) is 0 Å². The summed E-state index contributed by atoms with van der Waals surface area (Å²) in [5.74, 6) is 0.151. The van der Waals surface area contributed by atoms with Gasteiger partial charge in [0.15, 0.2) is 0 Å². The van der Waals surface area contributed by atoms with Crippen molar-refractivity contribution in [2.45, 2.75) is 37.8 Å². The maximum Gasteiger partial charge on any atom is 0.242 e. The van der Waals surface area contributed by atoms with Gasteiger partial charge in [0.2, 0.25) is 5.91 Å². The Hall–Kier alpha value is -1.35. The van der Waals surface area contributed by atoms with Crippen LogP contribution >= 0.6 is 0 Å². The molecule has 0 spiro atoms. The van der Waals surface area contributed by atoms with Gasteiger partial charge in [0, 0.05) is 13.1 Å². The predicted molar refractivity (Wildman–Crippen MR) is 66.3 cm³/mol. The van der Waals surface area contributed by atoms with Gasteiger partial charge in [-0.1, -0.05) is 24.3 Å². The standard InChI is InChI=1S/C14H18N2O/c15-14(7-3-8-14)13(17)16-9-6-11-4-1-2-5-12(11)10-16/h1-2,4-5H,3,6-10,15H2. The van der Waals surface area contributed by atoms with Crippen molar-refractivity contribution in [1.82, 2.24) is 4.90 Å². The van der Waals surface area contributed by atoms with Gasteiger partial charge in [-0.05, 0) is 36.8 Å². The number of benzene rings is 1. The molecule has 1 aromatic rings. The van der Waals surface area contributed by atoms with Crippen LogP contribution < -0.4 is 5.73 Å². The van der Waals surface area contributed by atoms with E-state index in [1.54, 1.807) is 0 Å². The fraction of sp³-hybridized carbons (Fsp3) is 0.500. The summed E-state index contributed by atoms with van der Waals surface area (Å²) in [5, 5.41) is 0. The lowest BCUT2D eigenvalue weighted by molar-refractivity contribution is -0.141. The second-order valence-corrected chi connectivity index (χ2v) is 5.26. The lowest BCUT2D eigenvalue weighted by Crippen LogP contribution is -2.60. The molecule has 0 aromatic heterocycles. The Morgan fingerprint density at radius 3 is 2.59 bits per heavy atom. The highest BCUT2D eigenvalue weighted by Gasteiger charge is 2.43. The number of carbonyl (C=O) groups excluding carboxylic acids is 1. The lowest BCUT2D eigenvalue weighted by atomic mass is 9.76. The first-order chi connectivity index (χ1) is 8.19. The highest BCUT2D eigenvalue weighted by molar-refractivity contribution is 5.87. The highest BCUT2D eigenvalue weighted by Crippen LogP contribution is 2.32. The van der Waals surface area contributed by atoms with Crippen molar-refractivity contribution < 1.29 is 4.79 Å². The first kappa shape index (κ1) is 10.8. The number of rotatable bonds is 1. The molecular weight excluding hydrogens is 212 g/mol. The van der Waals surface area contributed by atoms with Crippen molar-refractivity contribution in [2.24, 2.45) is 5.73 Å². The van der Waals surface area contributed by atoms with Gasteiger partial charge in [0.25, 0.3) is 0 Å². The number of carbonyl (C=O) groups is 1. The number of hydrogen-bond donors (Lipinski definition) is 1. The summed E-state index contributed by atoms with van der Waals surface area (Å²) in [4.78, 5) is 14.2. The van der Waals surface area contributed by atoms with Gasteiger partial charge < -0.3 is 10.6 Å². The third-order valence-electron chi connectivity index (χ3n) is 4.09. The van der Waals surface area contributed by atoms with Crippen LogP contribution in [0.15, 0.2) is 24.3 Å². The number of hydrogen-bond acceptors (Lipinski definition) is 2. The van der Waals surface area contributed by atoms with Crippen LogP contribution in [0.3, 0.4) is 0 Å². The van der Waals surface area contributed by atoms with E-state index in [2.05, 4.69) is 18.2 Å². The molecule has 1 aromatic carbocycles. The zero-order valence-electron chi connectivity index (χ0n) is 9.98. The van der Waals surface area contributed by atoms with Crippen LogP contribution in [-0.2, 0) is 17.8 Å². The molecule has 3 heteroatoms. The molecule has 1 fully saturated rings. The quantitative estimate of drug-likeness (QED) is 0.793. The number of nitrogens with two attached hydrogens (primary N) is 1. The average Bonchev–Trinajstić information content (AvgIpc) is 2.34. The van der Waals surface area contributed by atoms with Gasteiger partial charge in [0.1, 0.15) is 0 Å². The highest BCUT2D eigenvalue weighted by atomic mass is 16.2. The molecule has 1 aliphatic heterocycles. The Balaban J connectivity index is 1.78. The molecule has 90 valence electrons. The molecule has 0 atom stereocenters. The first-order valence-electron chi connectivity index (χ1n) is 6.34. The van der Waals surface area contributed by atoms with Crippen LogP contribution in [-0.4, -0.2) is 22.9 Å². The van der Waals surface area contributed by atoms with Crippen LogP contribution in [0, 0.1) is 0 Å². The fourth-order valence-corrected chi connectivity index (χ4v) is 2.76. The fourth-order valence-electron chi connectivity index (χ4n) is 2.76. The first-order valence-corrected chi connectivity index (χ1v) is 6.34. The topological polar surface area (TPSA) is 46.3 Å². The van der Waals surface area contributed by atoms with E-state index in [4.69, 9.17) is 5.73 Å². The minimum absolute atomic E-state index is 0.151. The second-order valence-electron chi connectivity index (χ2n) is 5.26. The lowest BCUT2D eigenvalue weighted by Gasteiger charge is -2.41. The molecule has 2 aliphatic rings. The Morgan fingerprint density at radius 1 is 1.24 bits per heavy atom. The van der Waals surface area contributed by atoms with E-state index in [0.717, 1.165) is 38.8 Å². The van der Waals surface area contributed by atoms with E-state index in [1.165, 1.54) is 11.1 Å². The van der Waals surface area contributed by atoms with Crippen molar-refractivity contribution in [1.29, 1.82) is 0 Å². The number of fused-ring (bicyclic) bond motifs is 1. The zero-order valence-corrected chi connectivity index (χ0v) is 9.98. The van der Waals surface area contributed by atoms with Crippen LogP contribution in [0.4, 0.5) is 0 Å². The monoisotopic (exact) mass is 230 g/mol. The van der Waals surface area contributed by atoms with Gasteiger partial charge in [-0.25, -0.2) is 0 Å². The maximum absolute atomic E-state index is 12.3. The molecule has 2 N–H and O–H groups in total. The van der Waals surface area contributed by atoms with Crippen molar-refractivity contribution in [3.63, 3.8) is 0 Å². The molecule has 1 aliphatic carbocycles. The summed E-state index contributed by atoms with van der Waals surface area (Å²) in [5.41, 5.74) is 8.20. The van der Waals surface area contributed by atoms with Gasteiger partial charge in [0.05, 0.1) is 5.54 Å². The summed E-state index contributed by atoms with van der Waals surface area (Å²) in [7, 11) is 0. The average molecular weight is 230 g/mol. The summed E-state index contributed by atoms with van der Waals surface area (Å²) in [6.07, 6.45) is 3.75. The van der Waals surface area contributed by atoms with E-state index >= 15 is 0 Å². The van der Waals surface area contributed by atoms with Crippen LogP contribution in [0.2, 0.25) is 0 Å². The minimum atomic E-state index is -0.549. The minimum Gasteiger partial charge on any atom is -0.336 e. The molecule has 3 rings (SSSR count). The Kier molecular flexibility index (Phi) is 2.44. The smallest absolute Gasteiger partial charge is 0.242 e. The summed E-state index contributed by atoms with van der Waals surface area (Å²) >= 11 is 0. The van der Waals surface area contributed by atoms with E-state index in [1.807, 2.05) is 11.0 Å². The molecule has 1 heterocycles. The van der Waals surface area contributed by atoms with E-state index in [-0.39, 0.29) is 5.91 Å².